The average Bonchev–Trinajstić information content (AvgIpc) is 2.94. The van der Waals surface area contributed by atoms with Crippen molar-refractivity contribution in [1.82, 2.24) is 14.9 Å². The third-order valence-corrected chi connectivity index (χ3v) is 9.16. The lowest BCUT2D eigenvalue weighted by Crippen LogP contribution is -2.44. The highest BCUT2D eigenvalue weighted by Gasteiger charge is 2.27. The smallest absolute Gasteiger partial charge is 0.409 e. The number of piperazine rings is 1. The van der Waals surface area contributed by atoms with E-state index in [2.05, 4.69) is 25.5 Å². The van der Waals surface area contributed by atoms with Crippen LogP contribution < -0.4 is 30.7 Å². The number of hydrogen-bond acceptors (Lipinski definition) is 13. The second kappa shape index (κ2) is 12.8. The fourth-order valence-electron chi connectivity index (χ4n) is 4.32. The van der Waals surface area contributed by atoms with E-state index in [0.717, 1.165) is 13.1 Å². The second-order valence-electron chi connectivity index (χ2n) is 9.90. The number of hydrogen-bond donors (Lipinski definition) is 3. The molecule has 4 N–H and O–H groups in total. The summed E-state index contributed by atoms with van der Waals surface area (Å²) < 4.78 is 36.6. The Morgan fingerprint density at radius 1 is 1.14 bits per heavy atom. The molecule has 0 unspecified atom stereocenters. The number of rotatable bonds is 10. The van der Waals surface area contributed by atoms with Gasteiger partial charge in [0.1, 0.15) is 22.2 Å². The van der Waals surface area contributed by atoms with Crippen molar-refractivity contribution in [3.63, 3.8) is 0 Å². The first-order valence-corrected chi connectivity index (χ1v) is 14.9. The number of aromatic nitrogens is 2. The maximum absolute atomic E-state index is 13.1. The lowest BCUT2D eigenvalue weighted by atomic mass is 10.1. The van der Waals surface area contributed by atoms with Crippen molar-refractivity contribution in [2.75, 3.05) is 55.9 Å². The number of methoxy groups -OCH3 is 1. The summed E-state index contributed by atoms with van der Waals surface area (Å²) in [6, 6.07) is 6.78. The van der Waals surface area contributed by atoms with Crippen LogP contribution in [0.3, 0.4) is 0 Å². The van der Waals surface area contributed by atoms with Gasteiger partial charge in [0.25, 0.3) is 5.69 Å². The summed E-state index contributed by atoms with van der Waals surface area (Å²) >= 11 is 6.35. The fourth-order valence-corrected chi connectivity index (χ4v) is 5.64. The van der Waals surface area contributed by atoms with Gasteiger partial charge in [-0.15, -0.1) is 0 Å². The highest BCUT2D eigenvalue weighted by atomic mass is 35.5. The highest BCUT2D eigenvalue weighted by Crippen LogP contribution is 2.40. The first-order valence-electron chi connectivity index (χ1n) is 13.0. The monoisotopic (exact) mass is 634 g/mol. The molecule has 43 heavy (non-hydrogen) atoms. The van der Waals surface area contributed by atoms with Crippen LogP contribution in [0.1, 0.15) is 13.8 Å². The van der Waals surface area contributed by atoms with Crippen molar-refractivity contribution < 1.29 is 27.6 Å². The number of amides is 1. The van der Waals surface area contributed by atoms with Crippen molar-refractivity contribution in [2.24, 2.45) is 5.73 Å². The highest BCUT2D eigenvalue weighted by molar-refractivity contribution is 7.92. The van der Waals surface area contributed by atoms with E-state index in [1.807, 2.05) is 11.9 Å². The van der Waals surface area contributed by atoms with Gasteiger partial charge in [-0.2, -0.15) is 4.98 Å². The summed E-state index contributed by atoms with van der Waals surface area (Å²) in [4.78, 5) is 35.4. The van der Waals surface area contributed by atoms with Gasteiger partial charge in [-0.3, -0.25) is 10.1 Å². The van der Waals surface area contributed by atoms with Gasteiger partial charge in [-0.25, -0.2) is 18.2 Å². The molecule has 0 atom stereocenters. The van der Waals surface area contributed by atoms with E-state index in [-0.39, 0.29) is 44.5 Å². The first kappa shape index (κ1) is 31.5. The van der Waals surface area contributed by atoms with E-state index < -0.39 is 26.1 Å². The van der Waals surface area contributed by atoms with E-state index in [1.54, 1.807) is 6.07 Å². The molecule has 0 bridgehead atoms. The van der Waals surface area contributed by atoms with E-state index in [1.165, 1.54) is 51.4 Å². The molecule has 0 saturated carbocycles. The number of nitrogens with one attached hydrogen (secondary N) is 2. The molecule has 1 amide bonds. The third kappa shape index (κ3) is 7.15. The van der Waals surface area contributed by atoms with E-state index >= 15 is 0 Å². The zero-order valence-electron chi connectivity index (χ0n) is 23.8. The number of nitro benzene ring substituents is 1. The molecule has 0 radical (unpaired) electrons. The van der Waals surface area contributed by atoms with Crippen LogP contribution in [0.2, 0.25) is 5.02 Å². The number of halogens is 1. The molecule has 4 rings (SSSR count). The molecule has 15 nitrogen and oxygen atoms in total. The topological polar surface area (TPSA) is 195 Å². The second-order valence-corrected chi connectivity index (χ2v) is 12.8. The van der Waals surface area contributed by atoms with Gasteiger partial charge in [-0.05, 0) is 33.0 Å². The Bertz CT molecular complexity index is 1650. The summed E-state index contributed by atoms with van der Waals surface area (Å²) in [5, 5.41) is 17.1. The van der Waals surface area contributed by atoms with Crippen LogP contribution in [0.25, 0.3) is 0 Å². The van der Waals surface area contributed by atoms with Crippen molar-refractivity contribution in [2.45, 2.75) is 24.0 Å². The molecule has 1 aromatic heterocycles. The molecule has 0 spiro atoms. The van der Waals surface area contributed by atoms with Crippen molar-refractivity contribution in [3.8, 4) is 11.5 Å². The number of ether oxygens (including phenoxy) is 2. The Balaban J connectivity index is 1.71. The Kier molecular flexibility index (Phi) is 9.42. The van der Waals surface area contributed by atoms with E-state index in [9.17, 15) is 23.3 Å². The number of likely N-dealkylation sites (N-methyl/N-ethyl adjacent to an activating group) is 1. The number of benzene rings is 2. The Morgan fingerprint density at radius 3 is 2.44 bits per heavy atom. The average molecular weight is 635 g/mol. The maximum Gasteiger partial charge on any atom is 0.409 e. The fraction of sp³-hybridized carbons (Fsp3) is 0.346. The summed E-state index contributed by atoms with van der Waals surface area (Å²) in [6.07, 6.45) is 0.178. The summed E-state index contributed by atoms with van der Waals surface area (Å²) in [6.45, 7) is 5.78. The van der Waals surface area contributed by atoms with Gasteiger partial charge in [0.15, 0.2) is 15.7 Å². The maximum atomic E-state index is 13.1. The van der Waals surface area contributed by atoms with E-state index in [4.69, 9.17) is 26.8 Å². The van der Waals surface area contributed by atoms with Crippen LogP contribution in [-0.4, -0.2) is 79.9 Å². The van der Waals surface area contributed by atoms with Crippen LogP contribution in [-0.2, 0) is 9.84 Å². The Hall–Kier alpha value is -4.41. The van der Waals surface area contributed by atoms with Gasteiger partial charge in [0, 0.05) is 44.4 Å². The van der Waals surface area contributed by atoms with Crippen molar-refractivity contribution in [3.05, 3.63) is 51.7 Å². The largest absolute Gasteiger partial charge is 0.494 e. The van der Waals surface area contributed by atoms with Gasteiger partial charge < -0.3 is 35.6 Å². The molecule has 1 saturated heterocycles. The molecule has 0 aliphatic carbocycles. The molecule has 1 aliphatic rings. The van der Waals surface area contributed by atoms with Gasteiger partial charge in [0.2, 0.25) is 5.95 Å². The molecule has 17 heteroatoms. The van der Waals surface area contributed by atoms with Gasteiger partial charge in [0.05, 0.1) is 39.8 Å². The molecular weight excluding hydrogens is 604 g/mol. The van der Waals surface area contributed by atoms with Gasteiger partial charge in [-0.1, -0.05) is 11.6 Å². The minimum Gasteiger partial charge on any atom is -0.494 e. The lowest BCUT2D eigenvalue weighted by Gasteiger charge is -2.34. The zero-order chi connectivity index (χ0) is 31.5. The standard InChI is InChI=1S/C26H31ClN8O7S/c1-15(2)43(39,40)23-6-5-16(42-25(28)36)11-19(23)30-24-17(27)14-29-26(32-24)31-18-12-21(35(37)38)20(13-22(18)41-4)34-9-7-33(3)8-10-34/h5-6,11-15H,7-10H2,1-4H3,(H2,28,36)(H2,29,30,31,32). The Labute approximate surface area is 253 Å². The quantitative estimate of drug-likeness (QED) is 0.214. The summed E-state index contributed by atoms with van der Waals surface area (Å²) in [5.41, 5.74) is 5.66. The normalized spacial score (nSPS) is 14.0. The van der Waals surface area contributed by atoms with Crippen LogP contribution in [0.15, 0.2) is 41.4 Å². The first-order chi connectivity index (χ1) is 20.3. The molecule has 3 aromatic rings. The number of nitrogens with two attached hydrogens (primary N) is 1. The van der Waals surface area contributed by atoms with E-state index in [0.29, 0.717) is 24.5 Å². The molecule has 1 aliphatic heterocycles. The number of nitro groups is 1. The van der Waals surface area contributed by atoms with Crippen LogP contribution in [0, 0.1) is 10.1 Å². The van der Waals surface area contributed by atoms with Crippen molar-refractivity contribution >= 4 is 62.0 Å². The number of anilines is 5. The SMILES string of the molecule is COc1cc(N2CCN(C)CC2)c([N+](=O)[O-])cc1Nc1ncc(Cl)c(Nc2cc(OC(N)=O)ccc2S(=O)(=O)C(C)C)n1. The van der Waals surface area contributed by atoms with Crippen LogP contribution in [0.4, 0.5) is 39.3 Å². The molecular formula is C26H31ClN8O7S. The van der Waals surface area contributed by atoms with Crippen molar-refractivity contribution in [1.29, 1.82) is 0 Å². The van der Waals surface area contributed by atoms with Crippen LogP contribution in [0.5, 0.6) is 11.5 Å². The molecule has 2 aromatic carbocycles. The minimum absolute atomic E-state index is 0.00174. The lowest BCUT2D eigenvalue weighted by molar-refractivity contribution is -0.384. The summed E-state index contributed by atoms with van der Waals surface area (Å²) in [5.74, 6) is 0.274. The predicted octanol–water partition coefficient (Wildman–Crippen LogP) is 3.93. The Morgan fingerprint density at radius 2 is 1.84 bits per heavy atom. The van der Waals surface area contributed by atoms with Crippen LogP contribution >= 0.6 is 11.6 Å². The zero-order valence-corrected chi connectivity index (χ0v) is 25.4. The van der Waals surface area contributed by atoms with Gasteiger partial charge >= 0.3 is 6.09 Å². The number of sulfone groups is 1. The molecule has 230 valence electrons. The molecule has 1 fully saturated rings. The molecule has 2 heterocycles. The number of primary amides is 1. The third-order valence-electron chi connectivity index (χ3n) is 6.68. The number of nitrogens with zero attached hydrogens (tertiary/aromatic N) is 5. The predicted molar refractivity (Wildman–Crippen MR) is 162 cm³/mol. The number of carbonyl (C=O) groups excluding carboxylic acids is 1. The number of carbonyl (C=O) groups is 1. The minimum atomic E-state index is -3.81. The summed E-state index contributed by atoms with van der Waals surface area (Å²) in [7, 11) is -0.378.